The zero-order chi connectivity index (χ0) is 16.0. The van der Waals surface area contributed by atoms with Crippen LogP contribution in [0.15, 0.2) is 11.6 Å². The Kier molecular flexibility index (Phi) is 2.88. The Hall–Kier alpha value is -0.340. The first-order chi connectivity index (χ1) is 11.0. The van der Waals surface area contributed by atoms with Crippen molar-refractivity contribution in [1.29, 1.82) is 0 Å². The highest BCUT2D eigenvalue weighted by Crippen LogP contribution is 2.84. The number of fused-ring (bicyclic) bond motifs is 3. The number of carbonyl (C=O) groups excluding carboxylic acids is 1. The van der Waals surface area contributed by atoms with Gasteiger partial charge >= 0.3 is 0 Å². The number of alkyl halides is 1. The summed E-state index contributed by atoms with van der Waals surface area (Å²) in [5, 5.41) is 11.2. The van der Waals surface area contributed by atoms with Gasteiger partial charge in [0.25, 0.3) is 0 Å². The van der Waals surface area contributed by atoms with Crippen molar-refractivity contribution >= 4 is 17.4 Å². The standard InChI is InChI=1S/C20H27ClO2/c1-18-7-6-16-15-4-3-14(22)8-12(15)2-5-17(16)20(18)10-13(20)9-19(18,23)11-21/h8,13,15-17,23H,2-7,9-11H2,1H3/t13?,15-,16?,17?,18+,19+,20?/m0/s1. The van der Waals surface area contributed by atoms with Gasteiger partial charge in [0.2, 0.25) is 0 Å². The number of hydrogen-bond acceptors (Lipinski definition) is 2. The van der Waals surface area contributed by atoms with Crippen LogP contribution >= 0.6 is 11.6 Å². The topological polar surface area (TPSA) is 37.3 Å². The molecular formula is C20H27ClO2. The molecule has 7 atom stereocenters. The third kappa shape index (κ3) is 1.59. The lowest BCUT2D eigenvalue weighted by Crippen LogP contribution is -2.56. The van der Waals surface area contributed by atoms with E-state index in [4.69, 9.17) is 11.6 Å². The SMILES string of the molecule is C[C@]12CCC3C(CCC4=CC(=O)CC[C@@H]43)C13CC3C[C@@]2(O)CCl. The maximum absolute atomic E-state index is 11.8. The Bertz CT molecular complexity index is 613. The van der Waals surface area contributed by atoms with E-state index in [1.54, 1.807) is 0 Å². The van der Waals surface area contributed by atoms with Gasteiger partial charge in [0, 0.05) is 11.8 Å². The van der Waals surface area contributed by atoms with Crippen molar-refractivity contribution in [2.24, 2.45) is 34.5 Å². The van der Waals surface area contributed by atoms with Gasteiger partial charge in [-0.1, -0.05) is 12.5 Å². The predicted octanol–water partition coefficient (Wildman–Crippen LogP) is 4.10. The summed E-state index contributed by atoms with van der Waals surface area (Å²) in [5.41, 5.74) is 1.16. The summed E-state index contributed by atoms with van der Waals surface area (Å²) in [5.74, 6) is 3.58. The van der Waals surface area contributed by atoms with Gasteiger partial charge in [0.15, 0.2) is 5.78 Å². The van der Waals surface area contributed by atoms with E-state index in [2.05, 4.69) is 6.92 Å². The van der Waals surface area contributed by atoms with Crippen LogP contribution in [0.3, 0.4) is 0 Å². The third-order valence-electron chi connectivity index (χ3n) is 8.95. The van der Waals surface area contributed by atoms with Crippen molar-refractivity contribution in [3.05, 3.63) is 11.6 Å². The van der Waals surface area contributed by atoms with E-state index in [-0.39, 0.29) is 5.41 Å². The van der Waals surface area contributed by atoms with Gasteiger partial charge in [0.05, 0.1) is 11.5 Å². The maximum Gasteiger partial charge on any atom is 0.155 e. The minimum absolute atomic E-state index is 0.0132. The van der Waals surface area contributed by atoms with Crippen molar-refractivity contribution in [2.45, 2.75) is 63.9 Å². The molecule has 126 valence electrons. The smallest absolute Gasteiger partial charge is 0.155 e. The van der Waals surface area contributed by atoms with Gasteiger partial charge < -0.3 is 5.11 Å². The van der Waals surface area contributed by atoms with E-state index < -0.39 is 5.60 Å². The Morgan fingerprint density at radius 3 is 2.87 bits per heavy atom. The molecule has 4 saturated carbocycles. The Morgan fingerprint density at radius 1 is 1.26 bits per heavy atom. The summed E-state index contributed by atoms with van der Waals surface area (Å²) in [6.45, 7) is 2.34. The molecule has 0 bridgehead atoms. The molecule has 5 rings (SSSR count). The van der Waals surface area contributed by atoms with Gasteiger partial charge in [-0.25, -0.2) is 0 Å². The number of ketones is 1. The molecule has 0 saturated heterocycles. The molecule has 3 heteroatoms. The summed E-state index contributed by atoms with van der Waals surface area (Å²) in [7, 11) is 0. The van der Waals surface area contributed by atoms with Crippen LogP contribution in [0.1, 0.15) is 58.3 Å². The summed E-state index contributed by atoms with van der Waals surface area (Å²) in [6, 6.07) is 0. The van der Waals surface area contributed by atoms with Crippen molar-refractivity contribution in [2.75, 3.05) is 5.88 Å². The number of halogens is 1. The van der Waals surface area contributed by atoms with Gasteiger partial charge in [-0.15, -0.1) is 11.6 Å². The van der Waals surface area contributed by atoms with Crippen molar-refractivity contribution in [3.63, 3.8) is 0 Å². The lowest BCUT2D eigenvalue weighted by Gasteiger charge is -2.58. The second-order valence-electron chi connectivity index (χ2n) is 9.32. The third-order valence-corrected chi connectivity index (χ3v) is 9.40. The van der Waals surface area contributed by atoms with Gasteiger partial charge in [0.1, 0.15) is 0 Å². The predicted molar refractivity (Wildman–Crippen MR) is 90.2 cm³/mol. The van der Waals surface area contributed by atoms with E-state index in [0.29, 0.717) is 28.9 Å². The molecule has 0 aromatic heterocycles. The van der Waals surface area contributed by atoms with E-state index in [0.717, 1.165) is 43.9 Å². The molecule has 1 N–H and O–H groups in total. The van der Waals surface area contributed by atoms with Crippen molar-refractivity contribution in [3.8, 4) is 0 Å². The van der Waals surface area contributed by atoms with Crippen LogP contribution in [0.2, 0.25) is 0 Å². The largest absolute Gasteiger partial charge is 0.388 e. The molecule has 0 aliphatic heterocycles. The van der Waals surface area contributed by atoms with Crippen LogP contribution in [0.4, 0.5) is 0 Å². The van der Waals surface area contributed by atoms with Crippen LogP contribution in [0.5, 0.6) is 0 Å². The lowest BCUT2D eigenvalue weighted by atomic mass is 9.48. The van der Waals surface area contributed by atoms with Crippen molar-refractivity contribution in [1.82, 2.24) is 0 Å². The molecule has 2 nitrogen and oxygen atoms in total. The number of aliphatic hydroxyl groups is 1. The van der Waals surface area contributed by atoms with Crippen LogP contribution < -0.4 is 0 Å². The monoisotopic (exact) mass is 334 g/mol. The van der Waals surface area contributed by atoms with E-state index in [9.17, 15) is 9.90 Å². The maximum atomic E-state index is 11.8. The van der Waals surface area contributed by atoms with Gasteiger partial charge in [-0.05, 0) is 80.1 Å². The average Bonchev–Trinajstić information content (AvgIpc) is 3.20. The van der Waals surface area contributed by atoms with Crippen LogP contribution in [0.25, 0.3) is 0 Å². The van der Waals surface area contributed by atoms with Crippen molar-refractivity contribution < 1.29 is 9.90 Å². The minimum atomic E-state index is -0.652. The normalized spacial score (nSPS) is 57.0. The van der Waals surface area contributed by atoms with E-state index in [1.807, 2.05) is 6.08 Å². The summed E-state index contributed by atoms with van der Waals surface area (Å²) in [4.78, 5) is 11.8. The van der Waals surface area contributed by atoms with Crippen LogP contribution in [0, 0.1) is 34.5 Å². The fraction of sp³-hybridized carbons (Fsp3) is 0.850. The summed E-state index contributed by atoms with van der Waals surface area (Å²) in [6.07, 6.45) is 10.7. The number of carbonyl (C=O) groups is 1. The number of rotatable bonds is 1. The molecule has 0 aromatic rings. The fourth-order valence-corrected chi connectivity index (χ4v) is 8.21. The molecule has 4 unspecified atom stereocenters. The molecule has 4 fully saturated rings. The highest BCUT2D eigenvalue weighted by Gasteiger charge is 2.80. The van der Waals surface area contributed by atoms with E-state index in [1.165, 1.54) is 24.8 Å². The lowest BCUT2D eigenvalue weighted by molar-refractivity contribution is -0.133. The molecule has 1 spiro atoms. The first-order valence-electron chi connectivity index (χ1n) is 9.47. The minimum Gasteiger partial charge on any atom is -0.388 e. The fourth-order valence-electron chi connectivity index (χ4n) is 7.81. The molecule has 0 aromatic carbocycles. The molecule has 5 aliphatic carbocycles. The summed E-state index contributed by atoms with van der Waals surface area (Å²) >= 11 is 6.25. The Morgan fingerprint density at radius 2 is 2.09 bits per heavy atom. The first-order valence-corrected chi connectivity index (χ1v) is 10.0. The average molecular weight is 335 g/mol. The number of hydrogen-bond donors (Lipinski definition) is 1. The van der Waals surface area contributed by atoms with Crippen LogP contribution in [-0.4, -0.2) is 22.4 Å². The second kappa shape index (κ2) is 4.43. The first kappa shape index (κ1) is 15.0. The Labute approximate surface area is 143 Å². The number of allylic oxidation sites excluding steroid dienone is 1. The highest BCUT2D eigenvalue weighted by molar-refractivity contribution is 6.18. The van der Waals surface area contributed by atoms with Crippen LogP contribution in [-0.2, 0) is 4.79 Å². The molecule has 0 radical (unpaired) electrons. The summed E-state index contributed by atoms with van der Waals surface area (Å²) < 4.78 is 0. The molecule has 0 heterocycles. The zero-order valence-electron chi connectivity index (χ0n) is 14.0. The van der Waals surface area contributed by atoms with Gasteiger partial charge in [-0.3, -0.25) is 4.79 Å². The van der Waals surface area contributed by atoms with Gasteiger partial charge in [-0.2, -0.15) is 0 Å². The highest BCUT2D eigenvalue weighted by atomic mass is 35.5. The molecule has 23 heavy (non-hydrogen) atoms. The Balaban J connectivity index is 1.53. The molecule has 5 aliphatic rings. The quantitative estimate of drug-likeness (QED) is 0.733. The van der Waals surface area contributed by atoms with E-state index >= 15 is 0 Å². The molecular weight excluding hydrogens is 308 g/mol. The zero-order valence-corrected chi connectivity index (χ0v) is 14.7. The molecule has 0 amide bonds. The second-order valence-corrected chi connectivity index (χ2v) is 9.59.